The largest absolute Gasteiger partial charge is 0.416 e. The van der Waals surface area contributed by atoms with E-state index in [2.05, 4.69) is 5.32 Å². The summed E-state index contributed by atoms with van der Waals surface area (Å²) in [6, 6.07) is 12.9. The molecule has 0 aliphatic carbocycles. The number of hydrogen-bond donors (Lipinski definition) is 1. The number of rotatable bonds is 6. The number of urea groups is 1. The van der Waals surface area contributed by atoms with E-state index in [0.717, 1.165) is 23.3 Å². The van der Waals surface area contributed by atoms with Crippen LogP contribution in [0.4, 0.5) is 23.7 Å². The maximum atomic E-state index is 12.9. The Morgan fingerprint density at radius 2 is 1.73 bits per heavy atom. The van der Waals surface area contributed by atoms with Gasteiger partial charge in [0.25, 0.3) is 0 Å². The Labute approximate surface area is 174 Å². The summed E-state index contributed by atoms with van der Waals surface area (Å²) in [6.07, 6.45) is -4.36. The number of ether oxygens (including phenoxy) is 1. The molecule has 0 spiro atoms. The highest BCUT2D eigenvalue weighted by Gasteiger charge is 2.31. The molecule has 1 aliphatic rings. The van der Waals surface area contributed by atoms with Crippen molar-refractivity contribution < 1.29 is 22.7 Å². The van der Waals surface area contributed by atoms with Gasteiger partial charge in [0.15, 0.2) is 0 Å². The van der Waals surface area contributed by atoms with Gasteiger partial charge < -0.3 is 19.9 Å². The smallest absolute Gasteiger partial charge is 0.377 e. The zero-order chi connectivity index (χ0) is 21.6. The van der Waals surface area contributed by atoms with E-state index >= 15 is 0 Å². The molecule has 5 nitrogen and oxygen atoms in total. The van der Waals surface area contributed by atoms with Crippen LogP contribution < -0.4 is 10.2 Å². The molecule has 0 saturated carbocycles. The van der Waals surface area contributed by atoms with Gasteiger partial charge in [-0.15, -0.1) is 0 Å². The number of halogens is 3. The first kappa shape index (κ1) is 22.0. The van der Waals surface area contributed by atoms with Gasteiger partial charge in [-0.1, -0.05) is 30.3 Å². The van der Waals surface area contributed by atoms with Gasteiger partial charge in [-0.05, 0) is 36.2 Å². The molecule has 1 fully saturated rings. The molecule has 1 aliphatic heterocycles. The molecule has 0 atom stereocenters. The minimum absolute atomic E-state index is 0.176. The summed E-state index contributed by atoms with van der Waals surface area (Å²) in [5.74, 6) is 0. The third-order valence-corrected chi connectivity index (χ3v) is 5.12. The van der Waals surface area contributed by atoms with Crippen molar-refractivity contribution in [3.8, 4) is 0 Å². The normalized spacial score (nSPS) is 14.7. The highest BCUT2D eigenvalue weighted by molar-refractivity contribution is 5.74. The first-order valence-corrected chi connectivity index (χ1v) is 9.98. The van der Waals surface area contributed by atoms with Gasteiger partial charge in [-0.25, -0.2) is 4.79 Å². The molecule has 1 saturated heterocycles. The number of nitrogens with zero attached hydrogens (tertiary/aromatic N) is 2. The van der Waals surface area contributed by atoms with E-state index in [1.807, 2.05) is 36.1 Å². The monoisotopic (exact) mass is 421 g/mol. The third kappa shape index (κ3) is 5.66. The van der Waals surface area contributed by atoms with Crippen LogP contribution in [0.2, 0.25) is 0 Å². The predicted octanol–water partition coefficient (Wildman–Crippen LogP) is 4.27. The van der Waals surface area contributed by atoms with Crippen LogP contribution in [0.3, 0.4) is 0 Å². The quantitative estimate of drug-likeness (QED) is 0.758. The van der Waals surface area contributed by atoms with Crippen molar-refractivity contribution in [2.24, 2.45) is 0 Å². The van der Waals surface area contributed by atoms with Crippen LogP contribution in [-0.4, -0.2) is 43.7 Å². The zero-order valence-corrected chi connectivity index (χ0v) is 16.9. The van der Waals surface area contributed by atoms with E-state index in [4.69, 9.17) is 4.74 Å². The number of anilines is 1. The van der Waals surface area contributed by atoms with Gasteiger partial charge in [0.05, 0.1) is 12.2 Å². The second kappa shape index (κ2) is 9.84. The van der Waals surface area contributed by atoms with Crippen molar-refractivity contribution in [2.75, 3.05) is 37.7 Å². The zero-order valence-electron chi connectivity index (χ0n) is 16.9. The molecule has 30 heavy (non-hydrogen) atoms. The Morgan fingerprint density at radius 3 is 2.40 bits per heavy atom. The van der Waals surface area contributed by atoms with Crippen LogP contribution in [-0.2, 0) is 24.1 Å². The Morgan fingerprint density at radius 1 is 1.03 bits per heavy atom. The second-order valence-electron chi connectivity index (χ2n) is 7.09. The van der Waals surface area contributed by atoms with Crippen molar-refractivity contribution >= 4 is 11.7 Å². The van der Waals surface area contributed by atoms with E-state index in [1.165, 1.54) is 6.07 Å². The Kier molecular flexibility index (Phi) is 7.20. The number of benzene rings is 2. The lowest BCUT2D eigenvalue weighted by Crippen LogP contribution is -2.51. The number of carbonyl (C=O) groups excluding carboxylic acids is 1. The van der Waals surface area contributed by atoms with E-state index in [-0.39, 0.29) is 6.03 Å². The van der Waals surface area contributed by atoms with Crippen molar-refractivity contribution in [2.45, 2.75) is 26.3 Å². The van der Waals surface area contributed by atoms with E-state index in [1.54, 1.807) is 11.0 Å². The molecular weight excluding hydrogens is 395 g/mol. The standard InChI is InChI=1S/C22H26F3N3O2/c1-2-30-16-18-7-4-3-6-17(18)15-26-21(29)28-12-10-27(11-13-28)20-9-5-8-19(14-20)22(23,24)25/h3-9,14H,2,10-13,15-16H2,1H3,(H,26,29). The third-order valence-electron chi connectivity index (χ3n) is 5.12. The van der Waals surface area contributed by atoms with Crippen LogP contribution >= 0.6 is 0 Å². The lowest BCUT2D eigenvalue weighted by atomic mass is 10.1. The first-order valence-electron chi connectivity index (χ1n) is 9.98. The van der Waals surface area contributed by atoms with Gasteiger partial charge in [0.1, 0.15) is 0 Å². The summed E-state index contributed by atoms with van der Waals surface area (Å²) in [6.45, 7) is 5.31. The Balaban J connectivity index is 1.53. The van der Waals surface area contributed by atoms with Gasteiger partial charge in [0, 0.05) is 45.0 Å². The Bertz CT molecular complexity index is 850. The number of alkyl halides is 3. The van der Waals surface area contributed by atoms with Crippen molar-refractivity contribution in [1.29, 1.82) is 0 Å². The van der Waals surface area contributed by atoms with Crippen molar-refractivity contribution in [3.63, 3.8) is 0 Å². The van der Waals surface area contributed by atoms with Gasteiger partial charge in [-0.2, -0.15) is 13.2 Å². The fourth-order valence-corrected chi connectivity index (χ4v) is 3.41. The van der Waals surface area contributed by atoms with Crippen molar-refractivity contribution in [1.82, 2.24) is 10.2 Å². The van der Waals surface area contributed by atoms with E-state index in [0.29, 0.717) is 51.6 Å². The van der Waals surface area contributed by atoms with Crippen LogP contribution in [0.1, 0.15) is 23.6 Å². The molecule has 3 rings (SSSR count). The fourth-order valence-electron chi connectivity index (χ4n) is 3.41. The van der Waals surface area contributed by atoms with Gasteiger partial charge in [0.2, 0.25) is 0 Å². The maximum absolute atomic E-state index is 12.9. The number of nitrogens with one attached hydrogen (secondary N) is 1. The predicted molar refractivity (Wildman–Crippen MR) is 109 cm³/mol. The SMILES string of the molecule is CCOCc1ccccc1CNC(=O)N1CCN(c2cccc(C(F)(F)F)c2)CC1. The molecule has 2 aromatic carbocycles. The number of hydrogen-bond acceptors (Lipinski definition) is 3. The van der Waals surface area contributed by atoms with Gasteiger partial charge in [-0.3, -0.25) is 0 Å². The summed E-state index contributed by atoms with van der Waals surface area (Å²) in [5.41, 5.74) is 1.90. The molecule has 2 amide bonds. The summed E-state index contributed by atoms with van der Waals surface area (Å²) >= 11 is 0. The van der Waals surface area contributed by atoms with Crippen LogP contribution in [0.5, 0.6) is 0 Å². The molecule has 0 aromatic heterocycles. The minimum Gasteiger partial charge on any atom is -0.377 e. The molecule has 2 aromatic rings. The topological polar surface area (TPSA) is 44.8 Å². The molecule has 0 bridgehead atoms. The number of carbonyl (C=O) groups is 1. The fraction of sp³-hybridized carbons (Fsp3) is 0.409. The van der Waals surface area contributed by atoms with Crippen molar-refractivity contribution in [3.05, 3.63) is 65.2 Å². The lowest BCUT2D eigenvalue weighted by molar-refractivity contribution is -0.137. The molecular formula is C22H26F3N3O2. The average Bonchev–Trinajstić information content (AvgIpc) is 2.76. The minimum atomic E-state index is -4.36. The van der Waals surface area contributed by atoms with Crippen LogP contribution in [0, 0.1) is 0 Å². The first-order chi connectivity index (χ1) is 14.4. The highest BCUT2D eigenvalue weighted by atomic mass is 19.4. The Hall–Kier alpha value is -2.74. The molecule has 1 N–H and O–H groups in total. The molecule has 0 radical (unpaired) electrons. The summed E-state index contributed by atoms with van der Waals surface area (Å²) in [4.78, 5) is 16.1. The van der Waals surface area contributed by atoms with Crippen LogP contribution in [0.15, 0.2) is 48.5 Å². The van der Waals surface area contributed by atoms with E-state index in [9.17, 15) is 18.0 Å². The number of amides is 2. The summed E-state index contributed by atoms with van der Waals surface area (Å²) < 4.78 is 44.3. The molecule has 1 heterocycles. The maximum Gasteiger partial charge on any atom is 0.416 e. The molecule has 8 heteroatoms. The average molecular weight is 421 g/mol. The summed E-state index contributed by atoms with van der Waals surface area (Å²) in [5, 5.41) is 2.93. The van der Waals surface area contributed by atoms with Crippen LogP contribution in [0.25, 0.3) is 0 Å². The van der Waals surface area contributed by atoms with E-state index < -0.39 is 11.7 Å². The molecule has 162 valence electrons. The molecule has 0 unspecified atom stereocenters. The lowest BCUT2D eigenvalue weighted by Gasteiger charge is -2.36. The number of piperazine rings is 1. The van der Waals surface area contributed by atoms with Gasteiger partial charge >= 0.3 is 12.2 Å². The second-order valence-corrected chi connectivity index (χ2v) is 7.09. The summed E-state index contributed by atoms with van der Waals surface area (Å²) in [7, 11) is 0. The highest BCUT2D eigenvalue weighted by Crippen LogP contribution is 2.31.